The smallest absolute Gasteiger partial charge is 0.343 e. The summed E-state index contributed by atoms with van der Waals surface area (Å²) in [6, 6.07) is 8.22. The highest BCUT2D eigenvalue weighted by Gasteiger charge is 2.23. The molecule has 0 N–H and O–H groups in total. The van der Waals surface area contributed by atoms with Crippen molar-refractivity contribution >= 4 is 50.8 Å². The Balaban J connectivity index is 2.37. The number of carbonyl (C=O) groups excluding carboxylic acids is 1. The lowest BCUT2D eigenvalue weighted by molar-refractivity contribution is 0.0734. The third kappa shape index (κ3) is 4.02. The fourth-order valence-corrected chi connectivity index (χ4v) is 3.58. The molecule has 2 aromatic rings. The van der Waals surface area contributed by atoms with Crippen molar-refractivity contribution in [3.63, 3.8) is 0 Å². The lowest BCUT2D eigenvalue weighted by Gasteiger charge is -2.13. The van der Waals surface area contributed by atoms with E-state index in [9.17, 15) is 13.2 Å². The van der Waals surface area contributed by atoms with Crippen LogP contribution in [0.4, 0.5) is 0 Å². The van der Waals surface area contributed by atoms with E-state index in [0.717, 1.165) is 10.4 Å². The van der Waals surface area contributed by atoms with Gasteiger partial charge in [-0.2, -0.15) is 0 Å². The third-order valence-electron chi connectivity index (χ3n) is 3.02. The van der Waals surface area contributed by atoms with Crippen molar-refractivity contribution in [2.45, 2.75) is 4.90 Å². The molecule has 0 aromatic heterocycles. The van der Waals surface area contributed by atoms with Crippen LogP contribution in [-0.2, 0) is 10.0 Å². The number of halogens is 3. The predicted molar refractivity (Wildman–Crippen MR) is 93.7 cm³/mol. The Labute approximate surface area is 154 Å². The van der Waals surface area contributed by atoms with Crippen LogP contribution in [-0.4, -0.2) is 32.8 Å². The molecule has 0 aliphatic rings. The van der Waals surface area contributed by atoms with Gasteiger partial charge < -0.3 is 4.74 Å². The van der Waals surface area contributed by atoms with Crippen molar-refractivity contribution in [1.82, 2.24) is 4.31 Å². The van der Waals surface area contributed by atoms with E-state index in [0.29, 0.717) is 5.02 Å². The van der Waals surface area contributed by atoms with Gasteiger partial charge in [0, 0.05) is 19.1 Å². The van der Waals surface area contributed by atoms with Crippen molar-refractivity contribution in [3.05, 3.63) is 57.0 Å². The maximum Gasteiger partial charge on any atom is 0.343 e. The van der Waals surface area contributed by atoms with Crippen LogP contribution >= 0.6 is 34.8 Å². The van der Waals surface area contributed by atoms with Crippen molar-refractivity contribution in [2.75, 3.05) is 14.1 Å². The van der Waals surface area contributed by atoms with Gasteiger partial charge >= 0.3 is 5.97 Å². The van der Waals surface area contributed by atoms with Gasteiger partial charge in [-0.3, -0.25) is 0 Å². The zero-order valence-electron chi connectivity index (χ0n) is 12.6. The van der Waals surface area contributed by atoms with Gasteiger partial charge in [0.05, 0.1) is 15.6 Å². The minimum absolute atomic E-state index is 0.00442. The molecule has 0 spiro atoms. The molecule has 0 aliphatic carbocycles. The van der Waals surface area contributed by atoms with Crippen LogP contribution in [0.5, 0.6) is 5.75 Å². The summed E-state index contributed by atoms with van der Waals surface area (Å²) in [5.74, 6) is -0.663. The van der Waals surface area contributed by atoms with Gasteiger partial charge in [-0.25, -0.2) is 17.5 Å². The number of hydrogen-bond acceptors (Lipinski definition) is 4. The SMILES string of the molecule is CN(C)S(=O)(=O)c1cc(C(=O)Oc2ccc(Cl)cc2Cl)ccc1Cl. The Morgan fingerprint density at radius 1 is 1.00 bits per heavy atom. The van der Waals surface area contributed by atoms with E-state index in [-0.39, 0.29) is 26.3 Å². The zero-order chi connectivity index (χ0) is 18.1. The minimum Gasteiger partial charge on any atom is -0.421 e. The number of rotatable bonds is 4. The number of esters is 1. The molecule has 2 aromatic carbocycles. The van der Waals surface area contributed by atoms with Crippen LogP contribution in [0, 0.1) is 0 Å². The third-order valence-corrected chi connectivity index (χ3v) is 5.85. The molecule has 0 fully saturated rings. The Hall–Kier alpha value is -1.31. The lowest BCUT2D eigenvalue weighted by atomic mass is 10.2. The molecular weight excluding hydrogens is 397 g/mol. The quantitative estimate of drug-likeness (QED) is 0.564. The van der Waals surface area contributed by atoms with Crippen LogP contribution in [0.2, 0.25) is 15.1 Å². The number of ether oxygens (including phenoxy) is 1. The molecule has 9 heteroatoms. The second kappa shape index (κ2) is 7.29. The summed E-state index contributed by atoms with van der Waals surface area (Å²) in [6.45, 7) is 0. The van der Waals surface area contributed by atoms with E-state index in [2.05, 4.69) is 0 Å². The first-order chi connectivity index (χ1) is 11.1. The molecule has 0 saturated carbocycles. The maximum absolute atomic E-state index is 12.2. The first-order valence-corrected chi connectivity index (χ1v) is 9.09. The first kappa shape index (κ1) is 19.0. The molecule has 5 nitrogen and oxygen atoms in total. The van der Waals surface area contributed by atoms with Crippen LogP contribution in [0.3, 0.4) is 0 Å². The normalized spacial score (nSPS) is 11.6. The summed E-state index contributed by atoms with van der Waals surface area (Å²) in [7, 11) is -1.07. The van der Waals surface area contributed by atoms with E-state index < -0.39 is 16.0 Å². The molecular formula is C15H12Cl3NO4S. The highest BCUT2D eigenvalue weighted by Crippen LogP contribution is 2.29. The molecule has 128 valence electrons. The van der Waals surface area contributed by atoms with Gasteiger partial charge in [-0.15, -0.1) is 0 Å². The topological polar surface area (TPSA) is 63.7 Å². The summed E-state index contributed by atoms with van der Waals surface area (Å²) in [5, 5.41) is 0.557. The van der Waals surface area contributed by atoms with Gasteiger partial charge in [0.15, 0.2) is 0 Å². The molecule has 24 heavy (non-hydrogen) atoms. The number of sulfonamides is 1. The van der Waals surface area contributed by atoms with Crippen molar-refractivity contribution < 1.29 is 17.9 Å². The van der Waals surface area contributed by atoms with E-state index in [1.54, 1.807) is 0 Å². The van der Waals surface area contributed by atoms with Crippen LogP contribution in [0.25, 0.3) is 0 Å². The molecule has 2 rings (SSSR count). The Bertz CT molecular complexity index is 898. The number of hydrogen-bond donors (Lipinski definition) is 0. The summed E-state index contributed by atoms with van der Waals surface area (Å²) in [6.07, 6.45) is 0. The summed E-state index contributed by atoms with van der Waals surface area (Å²) in [5.41, 5.74) is 0.0193. The summed E-state index contributed by atoms with van der Waals surface area (Å²) in [4.78, 5) is 12.1. The Morgan fingerprint density at radius 3 is 2.25 bits per heavy atom. The minimum atomic E-state index is -3.80. The van der Waals surface area contributed by atoms with Crippen molar-refractivity contribution in [3.8, 4) is 5.75 Å². The zero-order valence-corrected chi connectivity index (χ0v) is 15.7. The van der Waals surface area contributed by atoms with E-state index in [4.69, 9.17) is 39.5 Å². The summed E-state index contributed by atoms with van der Waals surface area (Å²) < 4.78 is 30.6. The molecule has 0 unspecified atom stereocenters. The highest BCUT2D eigenvalue weighted by molar-refractivity contribution is 7.89. The predicted octanol–water partition coefficient (Wildman–Crippen LogP) is 4.12. The number of benzene rings is 2. The molecule has 0 saturated heterocycles. The van der Waals surface area contributed by atoms with E-state index in [1.165, 1.54) is 44.4 Å². The van der Waals surface area contributed by atoms with Crippen molar-refractivity contribution in [2.24, 2.45) is 0 Å². The average molecular weight is 409 g/mol. The molecule has 0 radical (unpaired) electrons. The monoisotopic (exact) mass is 407 g/mol. The molecule has 0 amide bonds. The van der Waals surface area contributed by atoms with Gasteiger partial charge in [-0.05, 0) is 36.4 Å². The van der Waals surface area contributed by atoms with E-state index >= 15 is 0 Å². The van der Waals surface area contributed by atoms with Crippen molar-refractivity contribution in [1.29, 1.82) is 0 Å². The largest absolute Gasteiger partial charge is 0.421 e. The average Bonchev–Trinajstić information content (AvgIpc) is 2.50. The van der Waals surface area contributed by atoms with Gasteiger partial charge in [0.25, 0.3) is 0 Å². The Morgan fingerprint density at radius 2 is 1.67 bits per heavy atom. The van der Waals surface area contributed by atoms with Crippen LogP contribution < -0.4 is 4.74 Å². The van der Waals surface area contributed by atoms with Gasteiger partial charge in [-0.1, -0.05) is 34.8 Å². The standard InChI is InChI=1S/C15H12Cl3NO4S/c1-19(2)24(21,22)14-7-9(3-5-11(14)17)15(20)23-13-6-4-10(16)8-12(13)18/h3-8H,1-2H3. The first-order valence-electron chi connectivity index (χ1n) is 6.52. The molecule has 0 heterocycles. The van der Waals surface area contributed by atoms with Crippen LogP contribution in [0.1, 0.15) is 10.4 Å². The number of nitrogens with zero attached hydrogens (tertiary/aromatic N) is 1. The van der Waals surface area contributed by atoms with Gasteiger partial charge in [0.1, 0.15) is 10.6 Å². The Kier molecular flexibility index (Phi) is 5.78. The summed E-state index contributed by atoms with van der Waals surface area (Å²) >= 11 is 17.7. The van der Waals surface area contributed by atoms with Crippen LogP contribution in [0.15, 0.2) is 41.3 Å². The van der Waals surface area contributed by atoms with Gasteiger partial charge in [0.2, 0.25) is 10.0 Å². The number of carbonyl (C=O) groups is 1. The fraction of sp³-hybridized carbons (Fsp3) is 0.133. The maximum atomic E-state index is 12.2. The molecule has 0 aliphatic heterocycles. The molecule has 0 bridgehead atoms. The van der Waals surface area contributed by atoms with E-state index in [1.807, 2.05) is 0 Å². The second-order valence-corrected chi connectivity index (χ2v) is 8.27. The second-order valence-electron chi connectivity index (χ2n) is 4.90. The molecule has 0 atom stereocenters. The highest BCUT2D eigenvalue weighted by atomic mass is 35.5. The lowest BCUT2D eigenvalue weighted by Crippen LogP contribution is -2.23. The fourth-order valence-electron chi connectivity index (χ4n) is 1.74.